The van der Waals surface area contributed by atoms with Crippen molar-refractivity contribution in [3.63, 3.8) is 0 Å². The molecule has 0 spiro atoms. The minimum absolute atomic E-state index is 0.126. The highest BCUT2D eigenvalue weighted by atomic mass is 19.1. The summed E-state index contributed by atoms with van der Waals surface area (Å²) in [7, 11) is 1.53. The molecule has 3 aromatic rings. The molecule has 0 amide bonds. The summed E-state index contributed by atoms with van der Waals surface area (Å²) in [6.45, 7) is 3.00. The van der Waals surface area contributed by atoms with Crippen molar-refractivity contribution < 1.29 is 22.6 Å². The van der Waals surface area contributed by atoms with E-state index in [-0.39, 0.29) is 35.9 Å². The molecule has 12 heteroatoms. The van der Waals surface area contributed by atoms with Crippen LogP contribution in [0.1, 0.15) is 6.42 Å². The molecule has 33 heavy (non-hydrogen) atoms. The summed E-state index contributed by atoms with van der Waals surface area (Å²) in [6, 6.07) is 2.38. The zero-order chi connectivity index (χ0) is 22.9. The summed E-state index contributed by atoms with van der Waals surface area (Å²) in [5.41, 5.74) is 0.547. The standard InChI is InChI=1S/C21H22F3N7O2/c1-32-17-9-18-26-11-16(31(18)29-21(17)30-4-6-33-7-5-30)19-13(23)8-14(24)20(28-19)27-15-10-25-3-2-12(15)22/h8-9,11-12,25H,2-7,10H2,1H3/b27-15-/t12-/m0/s1. The zero-order valence-corrected chi connectivity index (χ0v) is 17.9. The molecule has 5 heterocycles. The molecular weight excluding hydrogens is 439 g/mol. The van der Waals surface area contributed by atoms with Crippen molar-refractivity contribution in [2.24, 2.45) is 4.99 Å². The van der Waals surface area contributed by atoms with E-state index >= 15 is 0 Å². The van der Waals surface area contributed by atoms with Crippen molar-refractivity contribution in [3.8, 4) is 17.1 Å². The third-order valence-electron chi connectivity index (χ3n) is 5.62. The number of rotatable bonds is 4. The van der Waals surface area contributed by atoms with E-state index in [2.05, 4.69) is 25.4 Å². The second-order valence-electron chi connectivity index (χ2n) is 7.71. The molecule has 2 fully saturated rings. The number of ether oxygens (including phenoxy) is 2. The Bertz CT molecular complexity index is 1210. The van der Waals surface area contributed by atoms with Gasteiger partial charge in [-0.2, -0.15) is 0 Å². The van der Waals surface area contributed by atoms with Crippen LogP contribution in [-0.4, -0.2) is 78.0 Å². The molecule has 0 bridgehead atoms. The van der Waals surface area contributed by atoms with E-state index in [0.29, 0.717) is 56.1 Å². The number of fused-ring (bicyclic) bond motifs is 1. The number of morpholine rings is 1. The van der Waals surface area contributed by atoms with Crippen molar-refractivity contribution in [2.75, 3.05) is 51.4 Å². The number of alkyl halides is 1. The van der Waals surface area contributed by atoms with Crippen LogP contribution in [0.15, 0.2) is 23.3 Å². The van der Waals surface area contributed by atoms with Gasteiger partial charge in [0.2, 0.25) is 0 Å². The summed E-state index contributed by atoms with van der Waals surface area (Å²) in [5, 5.41) is 7.61. The van der Waals surface area contributed by atoms with E-state index in [1.807, 2.05) is 4.90 Å². The van der Waals surface area contributed by atoms with E-state index in [1.54, 1.807) is 6.07 Å². The number of hydrogen-bond donors (Lipinski definition) is 1. The first kappa shape index (κ1) is 21.6. The monoisotopic (exact) mass is 461 g/mol. The lowest BCUT2D eigenvalue weighted by Gasteiger charge is -2.28. The average molecular weight is 461 g/mol. The molecule has 2 saturated heterocycles. The first-order valence-corrected chi connectivity index (χ1v) is 10.6. The van der Waals surface area contributed by atoms with Gasteiger partial charge in [-0.05, 0) is 13.0 Å². The Balaban J connectivity index is 1.61. The Hall–Kier alpha value is -3.25. The van der Waals surface area contributed by atoms with Gasteiger partial charge in [-0.25, -0.2) is 32.6 Å². The number of halogens is 3. The number of nitrogens with zero attached hydrogens (tertiary/aromatic N) is 6. The number of piperidine rings is 1. The van der Waals surface area contributed by atoms with Crippen molar-refractivity contribution in [3.05, 3.63) is 30.0 Å². The fourth-order valence-electron chi connectivity index (χ4n) is 3.88. The van der Waals surface area contributed by atoms with E-state index in [9.17, 15) is 13.2 Å². The third kappa shape index (κ3) is 4.11. The molecule has 2 aliphatic rings. The van der Waals surface area contributed by atoms with Gasteiger partial charge < -0.3 is 19.7 Å². The number of aromatic nitrogens is 4. The maximum atomic E-state index is 14.8. The number of aliphatic imine (C=N–C) groups is 1. The average Bonchev–Trinajstić information content (AvgIpc) is 3.24. The number of nitrogens with one attached hydrogen (secondary N) is 1. The maximum Gasteiger partial charge on any atom is 0.192 e. The van der Waals surface area contributed by atoms with Gasteiger partial charge in [0, 0.05) is 31.8 Å². The lowest BCUT2D eigenvalue weighted by atomic mass is 10.1. The van der Waals surface area contributed by atoms with Gasteiger partial charge in [0.15, 0.2) is 34.7 Å². The highest BCUT2D eigenvalue weighted by molar-refractivity contribution is 5.93. The summed E-state index contributed by atoms with van der Waals surface area (Å²) < 4.78 is 55.7. The molecule has 0 aromatic carbocycles. The lowest BCUT2D eigenvalue weighted by molar-refractivity contribution is 0.122. The SMILES string of the molecule is COc1cc2ncc(-c3nc(/N=C4/CNCC[C@@H]4F)c(F)cc3F)n2nc1N1CCOCC1. The van der Waals surface area contributed by atoms with Crippen molar-refractivity contribution in [1.82, 2.24) is 24.9 Å². The number of anilines is 1. The smallest absolute Gasteiger partial charge is 0.192 e. The molecule has 0 unspecified atom stereocenters. The topological polar surface area (TPSA) is 89.2 Å². The third-order valence-corrected chi connectivity index (χ3v) is 5.62. The molecule has 3 aromatic heterocycles. The summed E-state index contributed by atoms with van der Waals surface area (Å²) >= 11 is 0. The van der Waals surface area contributed by atoms with Gasteiger partial charge in [0.1, 0.15) is 17.6 Å². The number of hydrogen-bond acceptors (Lipinski definition) is 8. The van der Waals surface area contributed by atoms with Crippen LogP contribution in [0.4, 0.5) is 24.8 Å². The summed E-state index contributed by atoms with van der Waals surface area (Å²) in [4.78, 5) is 14.4. The van der Waals surface area contributed by atoms with Crippen LogP contribution in [-0.2, 0) is 4.74 Å². The Kier molecular flexibility index (Phi) is 5.85. The van der Waals surface area contributed by atoms with Crippen molar-refractivity contribution in [2.45, 2.75) is 12.6 Å². The molecule has 174 valence electrons. The maximum absolute atomic E-state index is 14.8. The second kappa shape index (κ2) is 8.94. The summed E-state index contributed by atoms with van der Waals surface area (Å²) in [6.07, 6.45) is 0.324. The van der Waals surface area contributed by atoms with Gasteiger partial charge in [-0.1, -0.05) is 0 Å². The zero-order valence-electron chi connectivity index (χ0n) is 17.9. The number of methoxy groups -OCH3 is 1. The van der Waals surface area contributed by atoms with Crippen LogP contribution in [0.5, 0.6) is 5.75 Å². The molecule has 0 saturated carbocycles. The van der Waals surface area contributed by atoms with Crippen molar-refractivity contribution in [1.29, 1.82) is 0 Å². The fourth-order valence-corrected chi connectivity index (χ4v) is 3.88. The lowest BCUT2D eigenvalue weighted by Crippen LogP contribution is -2.38. The van der Waals surface area contributed by atoms with E-state index in [1.165, 1.54) is 17.8 Å². The van der Waals surface area contributed by atoms with Crippen LogP contribution in [0.25, 0.3) is 17.0 Å². The first-order valence-electron chi connectivity index (χ1n) is 10.6. The first-order chi connectivity index (χ1) is 16.0. The number of pyridine rings is 1. The molecule has 1 N–H and O–H groups in total. The molecule has 5 rings (SSSR count). The van der Waals surface area contributed by atoms with Gasteiger partial charge in [-0.15, -0.1) is 5.10 Å². The fraction of sp³-hybridized carbons (Fsp3) is 0.429. The Morgan fingerprint density at radius 2 is 2.03 bits per heavy atom. The highest BCUT2D eigenvalue weighted by Crippen LogP contribution is 2.31. The van der Waals surface area contributed by atoms with E-state index in [4.69, 9.17) is 9.47 Å². The molecule has 2 aliphatic heterocycles. The Morgan fingerprint density at radius 1 is 1.21 bits per heavy atom. The van der Waals surface area contributed by atoms with Gasteiger partial charge >= 0.3 is 0 Å². The minimum atomic E-state index is -1.30. The van der Waals surface area contributed by atoms with Gasteiger partial charge in [0.05, 0.1) is 32.2 Å². The largest absolute Gasteiger partial charge is 0.493 e. The van der Waals surface area contributed by atoms with Crippen LogP contribution in [0.2, 0.25) is 0 Å². The quantitative estimate of drug-likeness (QED) is 0.638. The molecule has 9 nitrogen and oxygen atoms in total. The van der Waals surface area contributed by atoms with Gasteiger partial charge in [0.25, 0.3) is 0 Å². The van der Waals surface area contributed by atoms with Crippen LogP contribution in [0.3, 0.4) is 0 Å². The second-order valence-corrected chi connectivity index (χ2v) is 7.71. The van der Waals surface area contributed by atoms with Gasteiger partial charge in [-0.3, -0.25) is 0 Å². The predicted octanol–water partition coefficient (Wildman–Crippen LogP) is 2.32. The Labute approximate surface area is 187 Å². The summed E-state index contributed by atoms with van der Waals surface area (Å²) in [5.74, 6) is -1.20. The number of imidazole rings is 1. The molecule has 0 aliphatic carbocycles. The predicted molar refractivity (Wildman–Crippen MR) is 115 cm³/mol. The van der Waals surface area contributed by atoms with Crippen LogP contribution in [0, 0.1) is 11.6 Å². The van der Waals surface area contributed by atoms with Crippen LogP contribution >= 0.6 is 0 Å². The normalized spacial score (nSPS) is 20.5. The van der Waals surface area contributed by atoms with Crippen molar-refractivity contribution >= 4 is 23.0 Å². The molecular formula is C21H22F3N7O2. The highest BCUT2D eigenvalue weighted by Gasteiger charge is 2.24. The minimum Gasteiger partial charge on any atom is -0.493 e. The van der Waals surface area contributed by atoms with E-state index < -0.39 is 17.8 Å². The molecule has 1 atom stereocenters. The molecule has 0 radical (unpaired) electrons. The Morgan fingerprint density at radius 3 is 2.79 bits per heavy atom. The van der Waals surface area contributed by atoms with E-state index in [0.717, 1.165) is 0 Å². The van der Waals surface area contributed by atoms with Crippen LogP contribution < -0.4 is 15.0 Å².